The SMILES string of the molecule is Nc1nc(C(=O)NCc2sccc2Br)cs1. The van der Waals surface area contributed by atoms with Gasteiger partial charge in [0.25, 0.3) is 5.91 Å². The van der Waals surface area contributed by atoms with Crippen molar-refractivity contribution in [2.45, 2.75) is 6.54 Å². The van der Waals surface area contributed by atoms with Crippen LogP contribution in [0.15, 0.2) is 21.3 Å². The Bertz CT molecular complexity index is 508. The van der Waals surface area contributed by atoms with E-state index in [-0.39, 0.29) is 5.91 Å². The van der Waals surface area contributed by atoms with Crippen molar-refractivity contribution in [2.75, 3.05) is 5.73 Å². The zero-order chi connectivity index (χ0) is 11.5. The highest BCUT2D eigenvalue weighted by atomic mass is 79.9. The molecule has 7 heteroatoms. The number of hydrogen-bond donors (Lipinski definition) is 2. The lowest BCUT2D eigenvalue weighted by Gasteiger charge is -2.01. The fourth-order valence-corrected chi connectivity index (χ4v) is 3.07. The maximum Gasteiger partial charge on any atom is 0.271 e. The number of rotatable bonds is 3. The van der Waals surface area contributed by atoms with E-state index in [9.17, 15) is 4.79 Å². The molecule has 4 nitrogen and oxygen atoms in total. The van der Waals surface area contributed by atoms with Crippen LogP contribution < -0.4 is 11.1 Å². The number of thiazole rings is 1. The molecule has 3 N–H and O–H groups in total. The van der Waals surface area contributed by atoms with Gasteiger partial charge in [0.1, 0.15) is 5.69 Å². The highest BCUT2D eigenvalue weighted by Crippen LogP contribution is 2.22. The molecule has 0 atom stereocenters. The molecule has 0 aliphatic carbocycles. The summed E-state index contributed by atoms with van der Waals surface area (Å²) in [6.07, 6.45) is 0. The van der Waals surface area contributed by atoms with Crippen molar-refractivity contribution in [1.29, 1.82) is 0 Å². The third-order valence-corrected chi connectivity index (χ3v) is 4.46. The molecule has 16 heavy (non-hydrogen) atoms. The number of amides is 1. The van der Waals surface area contributed by atoms with Crippen LogP contribution in [0, 0.1) is 0 Å². The molecule has 0 spiro atoms. The Morgan fingerprint density at radius 2 is 2.38 bits per heavy atom. The molecule has 0 unspecified atom stereocenters. The Labute approximate surface area is 109 Å². The van der Waals surface area contributed by atoms with Crippen molar-refractivity contribution in [3.8, 4) is 0 Å². The van der Waals surface area contributed by atoms with Crippen LogP contribution in [0.25, 0.3) is 0 Å². The monoisotopic (exact) mass is 317 g/mol. The molecule has 2 aromatic rings. The van der Waals surface area contributed by atoms with Crippen molar-refractivity contribution in [3.63, 3.8) is 0 Å². The summed E-state index contributed by atoms with van der Waals surface area (Å²) in [7, 11) is 0. The topological polar surface area (TPSA) is 68.0 Å². The minimum atomic E-state index is -0.201. The molecule has 1 amide bonds. The second kappa shape index (κ2) is 4.94. The van der Waals surface area contributed by atoms with Gasteiger partial charge in [-0.2, -0.15) is 0 Å². The van der Waals surface area contributed by atoms with E-state index in [0.717, 1.165) is 9.35 Å². The Morgan fingerprint density at radius 1 is 1.56 bits per heavy atom. The molecule has 0 saturated heterocycles. The number of hydrogen-bond acceptors (Lipinski definition) is 5. The van der Waals surface area contributed by atoms with Crippen LogP contribution in [0.1, 0.15) is 15.4 Å². The predicted octanol–water partition coefficient (Wildman–Crippen LogP) is 2.48. The summed E-state index contributed by atoms with van der Waals surface area (Å²) >= 11 is 6.25. The number of nitrogens with zero attached hydrogens (tertiary/aromatic N) is 1. The second-order valence-electron chi connectivity index (χ2n) is 2.95. The van der Waals surface area contributed by atoms with Gasteiger partial charge in [0.05, 0.1) is 6.54 Å². The largest absolute Gasteiger partial charge is 0.375 e. The van der Waals surface area contributed by atoms with Crippen LogP contribution in [0.3, 0.4) is 0 Å². The van der Waals surface area contributed by atoms with Crippen LogP contribution >= 0.6 is 38.6 Å². The molecule has 0 aliphatic heterocycles. The molecule has 2 rings (SSSR count). The third-order valence-electron chi connectivity index (χ3n) is 1.86. The number of carbonyl (C=O) groups excluding carboxylic acids is 1. The van der Waals surface area contributed by atoms with Crippen LogP contribution in [-0.4, -0.2) is 10.9 Å². The average molecular weight is 318 g/mol. The van der Waals surface area contributed by atoms with Gasteiger partial charge >= 0.3 is 0 Å². The van der Waals surface area contributed by atoms with E-state index in [4.69, 9.17) is 5.73 Å². The molecule has 0 saturated carbocycles. The Balaban J connectivity index is 1.96. The van der Waals surface area contributed by atoms with E-state index in [2.05, 4.69) is 26.2 Å². The lowest BCUT2D eigenvalue weighted by Crippen LogP contribution is -2.22. The maximum atomic E-state index is 11.6. The molecule has 0 radical (unpaired) electrons. The summed E-state index contributed by atoms with van der Waals surface area (Å²) in [4.78, 5) is 16.6. The predicted molar refractivity (Wildman–Crippen MR) is 69.7 cm³/mol. The van der Waals surface area contributed by atoms with Gasteiger partial charge in [0.2, 0.25) is 0 Å². The Kier molecular flexibility index (Phi) is 3.57. The van der Waals surface area contributed by atoms with Gasteiger partial charge in [-0.3, -0.25) is 4.79 Å². The first kappa shape index (κ1) is 11.6. The van der Waals surface area contributed by atoms with Gasteiger partial charge in [-0.1, -0.05) is 0 Å². The Hall–Kier alpha value is -0.920. The minimum Gasteiger partial charge on any atom is -0.375 e. The molecule has 2 aromatic heterocycles. The van der Waals surface area contributed by atoms with Gasteiger partial charge in [0.15, 0.2) is 5.13 Å². The summed E-state index contributed by atoms with van der Waals surface area (Å²) < 4.78 is 1.01. The van der Waals surface area contributed by atoms with E-state index >= 15 is 0 Å². The van der Waals surface area contributed by atoms with E-state index in [1.165, 1.54) is 11.3 Å². The Morgan fingerprint density at radius 3 is 2.94 bits per heavy atom. The maximum absolute atomic E-state index is 11.6. The number of anilines is 1. The number of nitrogen functional groups attached to an aromatic ring is 1. The number of nitrogens with two attached hydrogens (primary N) is 1. The van der Waals surface area contributed by atoms with Gasteiger partial charge in [-0.15, -0.1) is 22.7 Å². The standard InChI is InChI=1S/C9H8BrN3OS2/c10-5-1-2-15-7(5)3-12-8(14)6-4-16-9(11)13-6/h1-2,4H,3H2,(H2,11,13)(H,12,14). The fourth-order valence-electron chi connectivity index (χ4n) is 1.09. The zero-order valence-corrected chi connectivity index (χ0v) is 11.3. The van der Waals surface area contributed by atoms with Crippen LogP contribution in [0.5, 0.6) is 0 Å². The van der Waals surface area contributed by atoms with E-state index < -0.39 is 0 Å². The normalized spacial score (nSPS) is 10.3. The molecule has 0 aliphatic rings. The van der Waals surface area contributed by atoms with E-state index in [1.807, 2.05) is 11.4 Å². The lowest BCUT2D eigenvalue weighted by molar-refractivity contribution is 0.0947. The summed E-state index contributed by atoms with van der Waals surface area (Å²) in [6.45, 7) is 0.495. The van der Waals surface area contributed by atoms with Gasteiger partial charge in [0, 0.05) is 14.7 Å². The molecular weight excluding hydrogens is 310 g/mol. The smallest absolute Gasteiger partial charge is 0.271 e. The highest BCUT2D eigenvalue weighted by Gasteiger charge is 2.10. The summed E-state index contributed by atoms with van der Waals surface area (Å²) in [5.74, 6) is -0.201. The summed E-state index contributed by atoms with van der Waals surface area (Å²) in [5.41, 5.74) is 5.82. The summed E-state index contributed by atoms with van der Waals surface area (Å²) in [5, 5.41) is 6.80. The number of thiophene rings is 1. The number of halogens is 1. The molecule has 2 heterocycles. The first-order valence-corrected chi connectivity index (χ1v) is 6.93. The van der Waals surface area contributed by atoms with Crippen molar-refractivity contribution >= 4 is 49.6 Å². The van der Waals surface area contributed by atoms with Crippen molar-refractivity contribution in [1.82, 2.24) is 10.3 Å². The first-order valence-electron chi connectivity index (χ1n) is 4.38. The number of nitrogens with one attached hydrogen (secondary N) is 1. The number of aromatic nitrogens is 1. The highest BCUT2D eigenvalue weighted by molar-refractivity contribution is 9.10. The minimum absolute atomic E-state index is 0.201. The van der Waals surface area contributed by atoms with Gasteiger partial charge in [-0.25, -0.2) is 4.98 Å². The number of carbonyl (C=O) groups is 1. The molecular formula is C9H8BrN3OS2. The van der Waals surface area contributed by atoms with Gasteiger partial charge in [-0.05, 0) is 27.4 Å². The second-order valence-corrected chi connectivity index (χ2v) is 5.69. The third kappa shape index (κ3) is 2.60. The van der Waals surface area contributed by atoms with Crippen LogP contribution in [-0.2, 0) is 6.54 Å². The quantitative estimate of drug-likeness (QED) is 0.913. The van der Waals surface area contributed by atoms with Crippen molar-refractivity contribution in [3.05, 3.63) is 31.9 Å². The average Bonchev–Trinajstić information content (AvgIpc) is 2.84. The first-order chi connectivity index (χ1) is 7.66. The van der Waals surface area contributed by atoms with E-state index in [1.54, 1.807) is 16.7 Å². The molecule has 0 fully saturated rings. The van der Waals surface area contributed by atoms with Crippen molar-refractivity contribution < 1.29 is 4.79 Å². The summed E-state index contributed by atoms with van der Waals surface area (Å²) in [6, 6.07) is 1.95. The van der Waals surface area contributed by atoms with Crippen LogP contribution in [0.4, 0.5) is 5.13 Å². The van der Waals surface area contributed by atoms with E-state index in [0.29, 0.717) is 17.4 Å². The fraction of sp³-hybridized carbons (Fsp3) is 0.111. The molecule has 84 valence electrons. The molecule has 0 bridgehead atoms. The van der Waals surface area contributed by atoms with Crippen molar-refractivity contribution in [2.24, 2.45) is 0 Å². The lowest BCUT2D eigenvalue weighted by atomic mass is 10.4. The zero-order valence-electron chi connectivity index (χ0n) is 8.07. The van der Waals surface area contributed by atoms with Crippen LogP contribution in [0.2, 0.25) is 0 Å². The molecule has 0 aromatic carbocycles. The van der Waals surface area contributed by atoms with Gasteiger partial charge < -0.3 is 11.1 Å².